The van der Waals surface area contributed by atoms with E-state index in [0.717, 1.165) is 31.7 Å². The van der Waals surface area contributed by atoms with Crippen molar-refractivity contribution in [1.29, 1.82) is 0 Å². The molecule has 112 valence electrons. The maximum absolute atomic E-state index is 5.73. The topological polar surface area (TPSA) is 39.7 Å². The van der Waals surface area contributed by atoms with Crippen molar-refractivity contribution in [3.8, 4) is 5.75 Å². The van der Waals surface area contributed by atoms with Gasteiger partial charge in [0.05, 0.1) is 12.6 Å². The predicted octanol–water partition coefficient (Wildman–Crippen LogP) is 2.54. The van der Waals surface area contributed by atoms with E-state index in [9.17, 15) is 0 Å². The van der Waals surface area contributed by atoms with E-state index in [4.69, 9.17) is 14.2 Å². The van der Waals surface area contributed by atoms with Crippen LogP contribution >= 0.6 is 0 Å². The van der Waals surface area contributed by atoms with Crippen LogP contribution in [0, 0.1) is 0 Å². The van der Waals surface area contributed by atoms with Gasteiger partial charge >= 0.3 is 0 Å². The number of likely N-dealkylation sites (N-methyl/N-ethyl adjacent to an activating group) is 1. The minimum atomic E-state index is -0.218. The van der Waals surface area contributed by atoms with Gasteiger partial charge in [-0.05, 0) is 36.9 Å². The molecule has 1 aliphatic heterocycles. The van der Waals surface area contributed by atoms with E-state index in [1.807, 2.05) is 12.1 Å². The van der Waals surface area contributed by atoms with E-state index >= 15 is 0 Å². The van der Waals surface area contributed by atoms with E-state index in [2.05, 4.69) is 24.4 Å². The summed E-state index contributed by atoms with van der Waals surface area (Å²) in [4.78, 5) is 0. The molecule has 1 N–H and O–H groups in total. The average molecular weight is 279 g/mol. The Kier molecular flexibility index (Phi) is 5.83. The van der Waals surface area contributed by atoms with Crippen LogP contribution < -0.4 is 10.1 Å². The molecule has 0 saturated heterocycles. The molecule has 1 aromatic rings. The van der Waals surface area contributed by atoms with Crippen molar-refractivity contribution < 1.29 is 14.2 Å². The summed E-state index contributed by atoms with van der Waals surface area (Å²) < 4.78 is 16.6. The fourth-order valence-electron chi connectivity index (χ4n) is 2.94. The fraction of sp³-hybridized carbons (Fsp3) is 0.625. The fourth-order valence-corrected chi connectivity index (χ4v) is 2.94. The van der Waals surface area contributed by atoms with Crippen LogP contribution in [-0.2, 0) is 9.47 Å². The highest BCUT2D eigenvalue weighted by Crippen LogP contribution is 2.36. The molecule has 2 rings (SSSR count). The molecule has 4 nitrogen and oxygen atoms in total. The molecule has 0 radical (unpaired) electrons. The third-order valence-electron chi connectivity index (χ3n) is 3.88. The van der Waals surface area contributed by atoms with Crippen LogP contribution in [0.2, 0.25) is 0 Å². The molecule has 0 spiro atoms. The largest absolute Gasteiger partial charge is 0.493 e. The molecule has 2 atom stereocenters. The quantitative estimate of drug-likeness (QED) is 0.779. The molecule has 0 aromatic heterocycles. The van der Waals surface area contributed by atoms with Gasteiger partial charge in [0.1, 0.15) is 5.75 Å². The van der Waals surface area contributed by atoms with Crippen molar-refractivity contribution >= 4 is 0 Å². The summed E-state index contributed by atoms with van der Waals surface area (Å²) in [6.07, 6.45) is 1.81. The van der Waals surface area contributed by atoms with Crippen LogP contribution in [0.4, 0.5) is 0 Å². The lowest BCUT2D eigenvalue weighted by molar-refractivity contribution is -0.125. The number of hydrogen-bond donors (Lipinski definition) is 1. The Morgan fingerprint density at radius 3 is 2.75 bits per heavy atom. The van der Waals surface area contributed by atoms with Gasteiger partial charge in [0.25, 0.3) is 0 Å². The minimum absolute atomic E-state index is 0.186. The van der Waals surface area contributed by atoms with Crippen molar-refractivity contribution in [2.24, 2.45) is 0 Å². The minimum Gasteiger partial charge on any atom is -0.493 e. The predicted molar refractivity (Wildman–Crippen MR) is 79.2 cm³/mol. The van der Waals surface area contributed by atoms with Gasteiger partial charge in [-0.25, -0.2) is 0 Å². The van der Waals surface area contributed by atoms with Gasteiger partial charge in [-0.2, -0.15) is 0 Å². The number of para-hydroxylation sites is 1. The molecule has 1 heterocycles. The standard InChI is InChI=1S/C16H25NO3/c1-4-17-14(16(18-2)19-3)11-12-9-10-20-15-8-6-5-7-13(12)15/h5-8,12,14,16-17H,4,9-11H2,1-3H3. The van der Waals surface area contributed by atoms with E-state index in [1.54, 1.807) is 14.2 Å². The van der Waals surface area contributed by atoms with Crippen LogP contribution in [0.3, 0.4) is 0 Å². The van der Waals surface area contributed by atoms with E-state index in [0.29, 0.717) is 5.92 Å². The lowest BCUT2D eigenvalue weighted by Gasteiger charge is -2.32. The molecule has 2 unspecified atom stereocenters. The number of rotatable bonds is 7. The normalized spacial score (nSPS) is 19.5. The van der Waals surface area contributed by atoms with E-state index in [-0.39, 0.29) is 12.3 Å². The SMILES string of the molecule is CCNC(CC1CCOc2ccccc21)C(OC)OC. The maximum atomic E-state index is 5.73. The first-order valence-electron chi connectivity index (χ1n) is 7.30. The molecule has 0 saturated carbocycles. The summed E-state index contributed by atoms with van der Waals surface area (Å²) in [6.45, 7) is 3.79. The smallest absolute Gasteiger partial charge is 0.172 e. The zero-order valence-electron chi connectivity index (χ0n) is 12.6. The Balaban J connectivity index is 2.11. The zero-order valence-corrected chi connectivity index (χ0v) is 12.6. The van der Waals surface area contributed by atoms with Crippen molar-refractivity contribution in [2.75, 3.05) is 27.4 Å². The Hall–Kier alpha value is -1.10. The van der Waals surface area contributed by atoms with Gasteiger partial charge in [0.15, 0.2) is 6.29 Å². The second kappa shape index (κ2) is 7.62. The van der Waals surface area contributed by atoms with Gasteiger partial charge in [-0.15, -0.1) is 0 Å². The Morgan fingerprint density at radius 2 is 2.05 bits per heavy atom. The second-order valence-electron chi connectivity index (χ2n) is 5.11. The van der Waals surface area contributed by atoms with Crippen molar-refractivity contribution in [2.45, 2.75) is 38.0 Å². The van der Waals surface area contributed by atoms with Crippen LogP contribution in [0.15, 0.2) is 24.3 Å². The van der Waals surface area contributed by atoms with Gasteiger partial charge < -0.3 is 19.5 Å². The third-order valence-corrected chi connectivity index (χ3v) is 3.88. The highest BCUT2D eigenvalue weighted by Gasteiger charge is 2.28. The molecule has 0 aliphatic carbocycles. The van der Waals surface area contributed by atoms with Gasteiger partial charge in [0, 0.05) is 14.2 Å². The lowest BCUT2D eigenvalue weighted by Crippen LogP contribution is -2.43. The van der Waals surface area contributed by atoms with Gasteiger partial charge in [-0.3, -0.25) is 0 Å². The number of benzene rings is 1. The van der Waals surface area contributed by atoms with Crippen molar-refractivity contribution in [3.05, 3.63) is 29.8 Å². The molecule has 0 fully saturated rings. The highest BCUT2D eigenvalue weighted by atomic mass is 16.7. The maximum Gasteiger partial charge on any atom is 0.172 e. The number of nitrogens with one attached hydrogen (secondary N) is 1. The van der Waals surface area contributed by atoms with Crippen molar-refractivity contribution in [1.82, 2.24) is 5.32 Å². The molecular formula is C16H25NO3. The van der Waals surface area contributed by atoms with Crippen LogP contribution in [-0.4, -0.2) is 39.7 Å². The first kappa shape index (κ1) is 15.3. The number of fused-ring (bicyclic) bond motifs is 1. The highest BCUT2D eigenvalue weighted by molar-refractivity contribution is 5.37. The zero-order chi connectivity index (χ0) is 14.4. The molecule has 1 aromatic carbocycles. The summed E-state index contributed by atoms with van der Waals surface area (Å²) in [7, 11) is 3.38. The van der Waals surface area contributed by atoms with Crippen LogP contribution in [0.1, 0.15) is 31.2 Å². The van der Waals surface area contributed by atoms with E-state index in [1.165, 1.54) is 5.56 Å². The Labute approximate surface area is 121 Å². The molecule has 20 heavy (non-hydrogen) atoms. The molecule has 0 bridgehead atoms. The molecule has 0 amide bonds. The van der Waals surface area contributed by atoms with Gasteiger partial charge in [0.2, 0.25) is 0 Å². The van der Waals surface area contributed by atoms with E-state index < -0.39 is 0 Å². The van der Waals surface area contributed by atoms with Crippen LogP contribution in [0.5, 0.6) is 5.75 Å². The van der Waals surface area contributed by atoms with Gasteiger partial charge in [-0.1, -0.05) is 25.1 Å². The summed E-state index contributed by atoms with van der Waals surface area (Å²) in [6, 6.07) is 8.50. The molecule has 4 heteroatoms. The molecular weight excluding hydrogens is 254 g/mol. The number of hydrogen-bond acceptors (Lipinski definition) is 4. The summed E-state index contributed by atoms with van der Waals surface area (Å²) in [5.74, 6) is 1.50. The Morgan fingerprint density at radius 1 is 1.30 bits per heavy atom. The Bertz CT molecular complexity index is 406. The lowest BCUT2D eigenvalue weighted by atomic mass is 9.87. The first-order valence-corrected chi connectivity index (χ1v) is 7.30. The third kappa shape index (κ3) is 3.51. The second-order valence-corrected chi connectivity index (χ2v) is 5.11. The average Bonchev–Trinajstić information content (AvgIpc) is 2.49. The van der Waals surface area contributed by atoms with Crippen molar-refractivity contribution in [3.63, 3.8) is 0 Å². The molecule has 1 aliphatic rings. The summed E-state index contributed by atoms with van der Waals surface area (Å²) >= 11 is 0. The summed E-state index contributed by atoms with van der Waals surface area (Å²) in [5.41, 5.74) is 1.30. The monoisotopic (exact) mass is 279 g/mol. The van der Waals surface area contributed by atoms with Crippen LogP contribution in [0.25, 0.3) is 0 Å². The first-order chi connectivity index (χ1) is 9.80. The number of ether oxygens (including phenoxy) is 3. The number of methoxy groups -OCH3 is 2. The summed E-state index contributed by atoms with van der Waals surface area (Å²) in [5, 5.41) is 3.47.